The van der Waals surface area contributed by atoms with Crippen molar-refractivity contribution in [2.45, 2.75) is 24.5 Å². The third-order valence-corrected chi connectivity index (χ3v) is 7.35. The van der Waals surface area contributed by atoms with Crippen LogP contribution in [0.25, 0.3) is 5.65 Å². The number of sulfonamides is 1. The van der Waals surface area contributed by atoms with Gasteiger partial charge in [-0.3, -0.25) is 0 Å². The second-order valence-corrected chi connectivity index (χ2v) is 10.0. The first kappa shape index (κ1) is 28.9. The number of fused-ring (bicyclic) bond motifs is 1. The topological polar surface area (TPSA) is 94.8 Å². The summed E-state index contributed by atoms with van der Waals surface area (Å²) in [7, 11) is -4.50. The van der Waals surface area contributed by atoms with Gasteiger partial charge in [0.2, 0.25) is 0 Å². The van der Waals surface area contributed by atoms with Crippen molar-refractivity contribution in [3.05, 3.63) is 94.0 Å². The minimum atomic E-state index is -5.00. The molecule has 0 saturated carbocycles. The number of aryl methyl sites for hydroxylation is 1. The maximum atomic E-state index is 13.8. The molecule has 0 aliphatic carbocycles. The molecule has 0 saturated heterocycles. The predicted octanol–water partition coefficient (Wildman–Crippen LogP) is 1.22. The van der Waals surface area contributed by atoms with Gasteiger partial charge in [-0.25, -0.2) is 22.1 Å². The molecule has 2 aromatic heterocycles. The molecule has 0 spiro atoms. The van der Waals surface area contributed by atoms with E-state index in [1.807, 2.05) is 0 Å². The Bertz CT molecular complexity index is 1590. The second kappa shape index (κ2) is 10.6. The van der Waals surface area contributed by atoms with E-state index in [2.05, 4.69) is 4.98 Å². The molecule has 4 aromatic rings. The summed E-state index contributed by atoms with van der Waals surface area (Å²) in [6.07, 6.45) is -3.51. The summed E-state index contributed by atoms with van der Waals surface area (Å²) in [5.41, 5.74) is -1.36. The fraction of sp³-hybridized carbons (Fsp3) is 0.130. The van der Waals surface area contributed by atoms with Crippen molar-refractivity contribution in [2.24, 2.45) is 0 Å². The molecular formula is C23H15ClF4N3NaO4S. The molecule has 188 valence electrons. The van der Waals surface area contributed by atoms with Crippen LogP contribution in [0.15, 0.2) is 65.7 Å². The van der Waals surface area contributed by atoms with Crippen LogP contribution in [0.2, 0.25) is 5.02 Å². The Balaban J connectivity index is 0.00000380. The zero-order valence-corrected chi connectivity index (χ0v) is 22.8. The zero-order valence-electron chi connectivity index (χ0n) is 19.3. The van der Waals surface area contributed by atoms with Gasteiger partial charge >= 0.3 is 35.7 Å². The molecule has 2 aromatic carbocycles. The number of hydrogen-bond acceptors (Lipinski definition) is 5. The van der Waals surface area contributed by atoms with Crippen LogP contribution >= 0.6 is 11.6 Å². The summed E-state index contributed by atoms with van der Waals surface area (Å²) in [5, 5.41) is 11.4. The first-order valence-corrected chi connectivity index (χ1v) is 11.9. The number of aromatic carboxylic acids is 1. The minimum absolute atomic E-state index is 0. The molecule has 2 heterocycles. The van der Waals surface area contributed by atoms with E-state index in [-0.39, 0.29) is 51.4 Å². The smallest absolute Gasteiger partial charge is 0.545 e. The van der Waals surface area contributed by atoms with Crippen LogP contribution < -0.4 is 39.0 Å². The predicted molar refractivity (Wildman–Crippen MR) is 120 cm³/mol. The SMILES string of the molecule is Cc1c(N(Cc2ccc(F)c(C(F)(F)F)c2)S(=O)(=O)c2ccc(C(=O)[O-])cc2)nc2ccc(Cl)cn12.[Na+]. The Labute approximate surface area is 235 Å². The summed E-state index contributed by atoms with van der Waals surface area (Å²) >= 11 is 6.03. The number of hydrogen-bond donors (Lipinski definition) is 0. The normalized spacial score (nSPS) is 11.8. The van der Waals surface area contributed by atoms with Gasteiger partial charge in [0, 0.05) is 6.20 Å². The quantitative estimate of drug-likeness (QED) is 0.260. The molecule has 14 heteroatoms. The number of aromatic nitrogens is 2. The van der Waals surface area contributed by atoms with Gasteiger partial charge in [-0.2, -0.15) is 13.2 Å². The molecule has 0 amide bonds. The van der Waals surface area contributed by atoms with Crippen molar-refractivity contribution in [1.82, 2.24) is 9.38 Å². The van der Waals surface area contributed by atoms with Crippen molar-refractivity contribution < 1.29 is 65.4 Å². The molecule has 0 fully saturated rings. The Kier molecular flexibility index (Phi) is 8.30. The van der Waals surface area contributed by atoms with Crippen LogP contribution in [0.5, 0.6) is 0 Å². The Hall–Kier alpha value is -2.64. The number of nitrogens with zero attached hydrogens (tertiary/aromatic N) is 3. The van der Waals surface area contributed by atoms with Crippen molar-refractivity contribution in [3.63, 3.8) is 0 Å². The standard InChI is InChI=1S/C23H16ClF4N3O4S.Na/c1-13-21(29-20-9-5-16(24)12-30(13)20)31(11-14-2-8-19(25)18(10-14)23(26,27)28)36(34,35)17-6-3-15(4-7-17)22(32)33;/h2-10,12H,11H2,1H3,(H,32,33);/q;+1/p-1. The molecule has 37 heavy (non-hydrogen) atoms. The molecular weight excluding hydrogens is 549 g/mol. The number of carbonyl (C=O) groups is 1. The average Bonchev–Trinajstić information content (AvgIpc) is 3.13. The van der Waals surface area contributed by atoms with Gasteiger partial charge in [0.25, 0.3) is 10.0 Å². The summed E-state index contributed by atoms with van der Waals surface area (Å²) < 4.78 is 83.3. The number of imidazole rings is 1. The molecule has 7 nitrogen and oxygen atoms in total. The monoisotopic (exact) mass is 563 g/mol. The van der Waals surface area contributed by atoms with Gasteiger partial charge in [-0.15, -0.1) is 0 Å². The molecule has 0 bridgehead atoms. The second-order valence-electron chi connectivity index (χ2n) is 7.73. The summed E-state index contributed by atoms with van der Waals surface area (Å²) in [5.74, 6) is -3.13. The number of benzene rings is 2. The van der Waals surface area contributed by atoms with E-state index in [1.165, 1.54) is 22.7 Å². The average molecular weight is 564 g/mol. The third kappa shape index (κ3) is 5.78. The Morgan fingerprint density at radius 3 is 2.35 bits per heavy atom. The van der Waals surface area contributed by atoms with Gasteiger partial charge < -0.3 is 14.3 Å². The maximum Gasteiger partial charge on any atom is 1.00 e. The molecule has 0 N–H and O–H groups in total. The van der Waals surface area contributed by atoms with E-state index in [0.29, 0.717) is 28.5 Å². The minimum Gasteiger partial charge on any atom is -0.545 e. The zero-order chi connectivity index (χ0) is 26.4. The Morgan fingerprint density at radius 2 is 1.76 bits per heavy atom. The van der Waals surface area contributed by atoms with Crippen LogP contribution in [0, 0.1) is 12.7 Å². The summed E-state index contributed by atoms with van der Waals surface area (Å²) in [6, 6.07) is 9.33. The molecule has 0 aliphatic heterocycles. The van der Waals surface area contributed by atoms with Gasteiger partial charge in [-0.05, 0) is 54.4 Å². The molecule has 0 aliphatic rings. The van der Waals surface area contributed by atoms with E-state index in [4.69, 9.17) is 11.6 Å². The van der Waals surface area contributed by atoms with Crippen molar-refractivity contribution in [3.8, 4) is 0 Å². The fourth-order valence-corrected chi connectivity index (χ4v) is 5.19. The van der Waals surface area contributed by atoms with E-state index < -0.39 is 40.1 Å². The number of carbonyl (C=O) groups excluding carboxylic acids is 1. The molecule has 0 unspecified atom stereocenters. The van der Waals surface area contributed by atoms with Gasteiger partial charge in [-0.1, -0.05) is 29.8 Å². The summed E-state index contributed by atoms with van der Waals surface area (Å²) in [6.45, 7) is 0.908. The molecule has 0 atom stereocenters. The number of alkyl halides is 3. The van der Waals surface area contributed by atoms with Gasteiger partial charge in [0.1, 0.15) is 11.5 Å². The van der Waals surface area contributed by atoms with Crippen LogP contribution in [0.1, 0.15) is 27.2 Å². The first-order chi connectivity index (χ1) is 16.8. The van der Waals surface area contributed by atoms with E-state index in [9.17, 15) is 35.9 Å². The van der Waals surface area contributed by atoms with E-state index in [0.717, 1.165) is 34.6 Å². The number of carboxylic acid groups (broad SMARTS) is 1. The van der Waals surface area contributed by atoms with Crippen molar-refractivity contribution in [2.75, 3.05) is 4.31 Å². The first-order valence-electron chi connectivity index (χ1n) is 10.1. The number of carboxylic acids is 1. The largest absolute Gasteiger partial charge is 1.00 e. The Morgan fingerprint density at radius 1 is 1.11 bits per heavy atom. The number of halogens is 5. The maximum absolute atomic E-state index is 13.8. The number of pyridine rings is 1. The van der Waals surface area contributed by atoms with E-state index >= 15 is 0 Å². The van der Waals surface area contributed by atoms with Crippen LogP contribution in [0.3, 0.4) is 0 Å². The van der Waals surface area contributed by atoms with Gasteiger partial charge in [0.05, 0.1) is 33.7 Å². The van der Waals surface area contributed by atoms with Crippen LogP contribution in [-0.4, -0.2) is 23.8 Å². The van der Waals surface area contributed by atoms with Gasteiger partial charge in [0.15, 0.2) is 5.82 Å². The fourth-order valence-electron chi connectivity index (χ4n) is 3.58. The number of anilines is 1. The van der Waals surface area contributed by atoms with Crippen LogP contribution in [0.4, 0.5) is 23.4 Å². The molecule has 0 radical (unpaired) electrons. The van der Waals surface area contributed by atoms with Crippen LogP contribution in [-0.2, 0) is 22.7 Å². The van der Waals surface area contributed by atoms with Crippen molar-refractivity contribution >= 4 is 39.1 Å². The third-order valence-electron chi connectivity index (χ3n) is 5.37. The summed E-state index contributed by atoms with van der Waals surface area (Å²) in [4.78, 5) is 15.0. The number of rotatable bonds is 6. The van der Waals surface area contributed by atoms with Crippen molar-refractivity contribution in [1.29, 1.82) is 0 Å². The molecule has 4 rings (SSSR count). The van der Waals surface area contributed by atoms with E-state index in [1.54, 1.807) is 6.92 Å².